The summed E-state index contributed by atoms with van der Waals surface area (Å²) in [7, 11) is 3.82. The maximum Gasteiger partial charge on any atom is 0.226 e. The fourth-order valence-corrected chi connectivity index (χ4v) is 1.86. The van der Waals surface area contributed by atoms with E-state index in [0.717, 1.165) is 18.7 Å². The lowest BCUT2D eigenvalue weighted by Crippen LogP contribution is -2.32. The Morgan fingerprint density at radius 3 is 2.77 bits per heavy atom. The number of aromatic nitrogens is 1. The number of nitrogens with zero attached hydrogens (tertiary/aromatic N) is 2. The Morgan fingerprint density at radius 1 is 1.32 bits per heavy atom. The topological polar surface area (TPSA) is 58.4 Å². The third kappa shape index (κ3) is 4.36. The second-order valence-electron chi connectivity index (χ2n) is 5.14. The Kier molecular flexibility index (Phi) is 5.21. The minimum Gasteiger partial charge on any atom is -0.356 e. The summed E-state index contributed by atoms with van der Waals surface area (Å²) in [5, 5.41) is 6.48. The highest BCUT2D eigenvalue weighted by atomic mass is 19.1. The zero-order chi connectivity index (χ0) is 16.1. The Balaban J connectivity index is 1.98. The molecule has 0 aliphatic carbocycles. The van der Waals surface area contributed by atoms with Crippen molar-refractivity contribution in [2.45, 2.75) is 6.42 Å². The van der Waals surface area contributed by atoms with Gasteiger partial charge in [-0.15, -0.1) is 0 Å². The zero-order valence-corrected chi connectivity index (χ0v) is 12.4. The third-order valence-electron chi connectivity index (χ3n) is 2.98. The van der Waals surface area contributed by atoms with Gasteiger partial charge in [0.25, 0.3) is 0 Å². The molecule has 0 saturated heterocycles. The van der Waals surface area contributed by atoms with Gasteiger partial charge in [-0.25, -0.2) is 8.78 Å². The maximum absolute atomic E-state index is 13.6. The van der Waals surface area contributed by atoms with Gasteiger partial charge >= 0.3 is 0 Å². The van der Waals surface area contributed by atoms with Crippen molar-refractivity contribution >= 4 is 5.91 Å². The maximum atomic E-state index is 13.6. The molecule has 0 fully saturated rings. The smallest absolute Gasteiger partial charge is 0.226 e. The lowest BCUT2D eigenvalue weighted by molar-refractivity contribution is -0.120. The summed E-state index contributed by atoms with van der Waals surface area (Å²) < 4.78 is 31.5. The number of amides is 1. The molecular formula is C15H17F2N3O2. The molecule has 1 heterocycles. The highest BCUT2D eigenvalue weighted by Crippen LogP contribution is 2.24. The van der Waals surface area contributed by atoms with Crippen LogP contribution in [-0.4, -0.2) is 43.1 Å². The quantitative estimate of drug-likeness (QED) is 0.884. The summed E-state index contributed by atoms with van der Waals surface area (Å²) in [6.07, 6.45) is 0.0414. The minimum atomic E-state index is -0.738. The second-order valence-corrected chi connectivity index (χ2v) is 5.14. The van der Waals surface area contributed by atoms with Gasteiger partial charge in [0.1, 0.15) is 11.6 Å². The molecule has 1 N–H and O–H groups in total. The summed E-state index contributed by atoms with van der Waals surface area (Å²) in [5.41, 5.74) is 0.495. The first-order valence-electron chi connectivity index (χ1n) is 6.78. The van der Waals surface area contributed by atoms with Gasteiger partial charge in [-0.1, -0.05) is 5.16 Å². The fourth-order valence-electron chi connectivity index (χ4n) is 1.86. The Hall–Kier alpha value is -2.28. The van der Waals surface area contributed by atoms with Crippen LogP contribution in [0, 0.1) is 11.6 Å². The molecule has 22 heavy (non-hydrogen) atoms. The molecule has 0 saturated carbocycles. The number of likely N-dealkylation sites (N-methyl/N-ethyl adjacent to an activating group) is 1. The monoisotopic (exact) mass is 309 g/mol. The number of hydrogen-bond donors (Lipinski definition) is 1. The first kappa shape index (κ1) is 16.1. The zero-order valence-electron chi connectivity index (χ0n) is 12.4. The molecule has 0 aliphatic heterocycles. The van der Waals surface area contributed by atoms with Crippen LogP contribution < -0.4 is 5.32 Å². The van der Waals surface area contributed by atoms with Crippen molar-refractivity contribution in [2.75, 3.05) is 27.2 Å². The van der Waals surface area contributed by atoms with Gasteiger partial charge in [-0.05, 0) is 26.2 Å². The Morgan fingerprint density at radius 2 is 2.09 bits per heavy atom. The van der Waals surface area contributed by atoms with Crippen LogP contribution in [0.15, 0.2) is 28.8 Å². The summed E-state index contributed by atoms with van der Waals surface area (Å²) in [6.45, 7) is 1.26. The molecule has 5 nitrogen and oxygen atoms in total. The molecule has 118 valence electrons. The van der Waals surface area contributed by atoms with E-state index < -0.39 is 11.6 Å². The molecule has 1 aromatic carbocycles. The van der Waals surface area contributed by atoms with E-state index in [-0.39, 0.29) is 23.7 Å². The lowest BCUT2D eigenvalue weighted by Gasteiger charge is -2.09. The highest BCUT2D eigenvalue weighted by Gasteiger charge is 2.14. The number of benzene rings is 1. The number of hydrogen-bond acceptors (Lipinski definition) is 4. The van der Waals surface area contributed by atoms with E-state index >= 15 is 0 Å². The largest absolute Gasteiger partial charge is 0.356 e. The highest BCUT2D eigenvalue weighted by molar-refractivity contribution is 5.78. The van der Waals surface area contributed by atoms with Crippen molar-refractivity contribution in [3.63, 3.8) is 0 Å². The molecule has 0 bridgehead atoms. The first-order valence-corrected chi connectivity index (χ1v) is 6.78. The number of carbonyl (C=O) groups is 1. The summed E-state index contributed by atoms with van der Waals surface area (Å²) in [6, 6.07) is 4.65. The van der Waals surface area contributed by atoms with Crippen LogP contribution in [0.3, 0.4) is 0 Å². The predicted molar refractivity (Wildman–Crippen MR) is 77.1 cm³/mol. The molecule has 0 radical (unpaired) electrons. The van der Waals surface area contributed by atoms with Crippen molar-refractivity contribution in [3.8, 4) is 11.3 Å². The average molecular weight is 309 g/mol. The van der Waals surface area contributed by atoms with E-state index in [9.17, 15) is 13.6 Å². The molecule has 0 aliphatic rings. The van der Waals surface area contributed by atoms with Crippen molar-refractivity contribution in [2.24, 2.45) is 0 Å². The van der Waals surface area contributed by atoms with Crippen LogP contribution >= 0.6 is 0 Å². The van der Waals surface area contributed by atoms with Gasteiger partial charge in [-0.2, -0.15) is 0 Å². The van der Waals surface area contributed by atoms with E-state index in [4.69, 9.17) is 4.52 Å². The van der Waals surface area contributed by atoms with E-state index in [0.29, 0.717) is 12.2 Å². The van der Waals surface area contributed by atoms with Crippen molar-refractivity contribution in [1.82, 2.24) is 15.4 Å². The van der Waals surface area contributed by atoms with E-state index in [2.05, 4.69) is 10.5 Å². The fraction of sp³-hybridized carbons (Fsp3) is 0.333. The van der Waals surface area contributed by atoms with Crippen molar-refractivity contribution < 1.29 is 18.1 Å². The molecule has 2 aromatic rings. The summed E-state index contributed by atoms with van der Waals surface area (Å²) in [4.78, 5) is 13.7. The van der Waals surface area contributed by atoms with E-state index in [1.807, 2.05) is 19.0 Å². The van der Waals surface area contributed by atoms with Gasteiger partial charge in [-0.3, -0.25) is 4.79 Å². The van der Waals surface area contributed by atoms with Crippen LogP contribution in [0.2, 0.25) is 0 Å². The van der Waals surface area contributed by atoms with Crippen LogP contribution in [0.25, 0.3) is 11.3 Å². The van der Waals surface area contributed by atoms with Gasteiger partial charge in [0.2, 0.25) is 5.91 Å². The number of halogens is 2. The predicted octanol–water partition coefficient (Wildman–Crippen LogP) is 1.84. The van der Waals surface area contributed by atoms with E-state index in [1.54, 1.807) is 0 Å². The molecule has 1 aromatic heterocycles. The summed E-state index contributed by atoms with van der Waals surface area (Å²) >= 11 is 0. The number of nitrogens with one attached hydrogen (secondary N) is 1. The Bertz CT molecular complexity index is 656. The molecule has 7 heteroatoms. The summed E-state index contributed by atoms with van der Waals surface area (Å²) in [5.74, 6) is -1.44. The molecule has 0 atom stereocenters. The third-order valence-corrected chi connectivity index (χ3v) is 2.98. The van der Waals surface area contributed by atoms with Gasteiger partial charge < -0.3 is 14.7 Å². The van der Waals surface area contributed by atoms with Gasteiger partial charge in [0, 0.05) is 25.2 Å². The average Bonchev–Trinajstić information content (AvgIpc) is 2.86. The second kappa shape index (κ2) is 7.13. The minimum absolute atomic E-state index is 0.0414. The number of rotatable bonds is 6. The van der Waals surface area contributed by atoms with Crippen molar-refractivity contribution in [3.05, 3.63) is 41.6 Å². The molecule has 0 spiro atoms. The molecule has 0 unspecified atom stereocenters. The SMILES string of the molecule is CN(C)CCNC(=O)Cc1cc(-c2ccc(F)cc2F)on1. The van der Waals surface area contributed by atoms with Crippen LogP contribution in [-0.2, 0) is 11.2 Å². The van der Waals surface area contributed by atoms with Gasteiger partial charge in [0.05, 0.1) is 17.7 Å². The van der Waals surface area contributed by atoms with Crippen LogP contribution in [0.1, 0.15) is 5.69 Å². The van der Waals surface area contributed by atoms with E-state index in [1.165, 1.54) is 12.1 Å². The van der Waals surface area contributed by atoms with Crippen LogP contribution in [0.5, 0.6) is 0 Å². The standard InChI is InChI=1S/C15H17F2N3O2/c1-20(2)6-5-18-15(21)9-11-8-14(22-19-11)12-4-3-10(16)7-13(12)17/h3-4,7-8H,5-6,9H2,1-2H3,(H,18,21). The molecule has 1 amide bonds. The normalized spacial score (nSPS) is 11.0. The number of carbonyl (C=O) groups excluding carboxylic acids is 1. The molecule has 2 rings (SSSR count). The lowest BCUT2D eigenvalue weighted by atomic mass is 10.1. The van der Waals surface area contributed by atoms with Gasteiger partial charge in [0.15, 0.2) is 5.76 Å². The first-order chi connectivity index (χ1) is 10.5. The molecular weight excluding hydrogens is 292 g/mol. The Labute approximate surface area is 126 Å². The van der Waals surface area contributed by atoms with Crippen molar-refractivity contribution in [1.29, 1.82) is 0 Å². The van der Waals surface area contributed by atoms with Crippen LogP contribution in [0.4, 0.5) is 8.78 Å².